The molecule has 0 unspecified atom stereocenters. The molecule has 22 heavy (non-hydrogen) atoms. The Morgan fingerprint density at radius 3 is 2.45 bits per heavy atom. The largest absolute Gasteiger partial charge is 0.378 e. The summed E-state index contributed by atoms with van der Waals surface area (Å²) in [6, 6.07) is 16.2. The molecule has 0 heterocycles. The van der Waals surface area contributed by atoms with Gasteiger partial charge in [-0.15, -0.1) is 0 Å². The first-order valence-electron chi connectivity index (χ1n) is 6.92. The molecule has 110 valence electrons. The molecule has 0 radical (unpaired) electrons. The van der Waals surface area contributed by atoms with Gasteiger partial charge in [-0.1, -0.05) is 36.4 Å². The van der Waals surface area contributed by atoms with Crippen LogP contribution in [0.1, 0.15) is 11.1 Å². The van der Waals surface area contributed by atoms with Crippen molar-refractivity contribution in [3.05, 3.63) is 77.6 Å². The molecule has 2 aromatic rings. The van der Waals surface area contributed by atoms with Crippen LogP contribution in [0.15, 0.2) is 60.7 Å². The number of rotatable bonds is 4. The Morgan fingerprint density at radius 2 is 1.86 bits per heavy atom. The molecule has 0 aromatic heterocycles. The molecule has 3 heteroatoms. The maximum Gasteiger partial charge on any atom is 0.123 e. The fourth-order valence-corrected chi connectivity index (χ4v) is 1.99. The van der Waals surface area contributed by atoms with Crippen LogP contribution in [0.3, 0.4) is 0 Å². The average molecular weight is 292 g/mol. The van der Waals surface area contributed by atoms with E-state index < -0.39 is 0 Å². The Labute approximate surface area is 130 Å². The predicted molar refractivity (Wildman–Crippen MR) is 89.8 cm³/mol. The number of hydrogen-bond donors (Lipinski definition) is 0. The van der Waals surface area contributed by atoms with E-state index >= 15 is 0 Å². The Bertz CT molecular complexity index is 735. The minimum Gasteiger partial charge on any atom is -0.378 e. The van der Waals surface area contributed by atoms with E-state index in [0.717, 1.165) is 11.3 Å². The highest BCUT2D eigenvalue weighted by molar-refractivity contribution is 5.78. The van der Waals surface area contributed by atoms with Crippen LogP contribution in [-0.4, -0.2) is 14.1 Å². The molecule has 2 nitrogen and oxygen atoms in total. The fourth-order valence-electron chi connectivity index (χ4n) is 1.99. The van der Waals surface area contributed by atoms with Crippen molar-refractivity contribution in [3.63, 3.8) is 0 Å². The van der Waals surface area contributed by atoms with Gasteiger partial charge in [0.2, 0.25) is 0 Å². The Balaban J connectivity index is 2.16. The van der Waals surface area contributed by atoms with Crippen LogP contribution >= 0.6 is 0 Å². The molecule has 0 spiro atoms. The summed E-state index contributed by atoms with van der Waals surface area (Å²) >= 11 is 0. The number of allylic oxidation sites excluding steroid dienone is 3. The van der Waals surface area contributed by atoms with Gasteiger partial charge in [-0.2, -0.15) is 5.26 Å². The van der Waals surface area contributed by atoms with Crippen molar-refractivity contribution in [1.29, 1.82) is 5.26 Å². The maximum atomic E-state index is 13.2. The summed E-state index contributed by atoms with van der Waals surface area (Å²) < 4.78 is 13.2. The molecule has 0 aliphatic rings. The van der Waals surface area contributed by atoms with Crippen LogP contribution < -0.4 is 4.90 Å². The van der Waals surface area contributed by atoms with Gasteiger partial charge in [0, 0.05) is 19.8 Å². The second kappa shape index (κ2) is 7.24. The van der Waals surface area contributed by atoms with Gasteiger partial charge < -0.3 is 4.90 Å². The molecular weight excluding hydrogens is 275 g/mol. The van der Waals surface area contributed by atoms with E-state index in [1.54, 1.807) is 24.3 Å². The summed E-state index contributed by atoms with van der Waals surface area (Å²) in [6.45, 7) is 0. The SMILES string of the molecule is CN(C)c1ccc(/C=C/C=C(\C#N)c2cccc(F)c2)cc1. The zero-order valence-electron chi connectivity index (χ0n) is 12.6. The fraction of sp³-hybridized carbons (Fsp3) is 0.105. The molecule has 2 aromatic carbocycles. The van der Waals surface area contributed by atoms with Gasteiger partial charge in [0.05, 0.1) is 11.6 Å². The molecule has 2 rings (SSSR count). The Hall–Kier alpha value is -2.86. The van der Waals surface area contributed by atoms with E-state index in [2.05, 4.69) is 6.07 Å². The lowest BCUT2D eigenvalue weighted by atomic mass is 10.1. The molecule has 0 saturated carbocycles. The lowest BCUT2D eigenvalue weighted by Gasteiger charge is -2.11. The van der Waals surface area contributed by atoms with Crippen LogP contribution in [0, 0.1) is 17.1 Å². The summed E-state index contributed by atoms with van der Waals surface area (Å²) in [6.07, 6.45) is 5.40. The van der Waals surface area contributed by atoms with Crippen LogP contribution in [0.25, 0.3) is 11.6 Å². The predicted octanol–water partition coefficient (Wildman–Crippen LogP) is 4.51. The number of hydrogen-bond acceptors (Lipinski definition) is 2. The number of halogens is 1. The number of anilines is 1. The van der Waals surface area contributed by atoms with Crippen molar-refractivity contribution < 1.29 is 4.39 Å². The second-order valence-electron chi connectivity index (χ2n) is 5.05. The van der Waals surface area contributed by atoms with Gasteiger partial charge >= 0.3 is 0 Å². The molecule has 0 N–H and O–H groups in total. The van der Waals surface area contributed by atoms with Gasteiger partial charge in [-0.25, -0.2) is 4.39 Å². The van der Waals surface area contributed by atoms with E-state index in [-0.39, 0.29) is 5.82 Å². The first-order chi connectivity index (χ1) is 10.6. The lowest BCUT2D eigenvalue weighted by Crippen LogP contribution is -2.07. The highest BCUT2D eigenvalue weighted by atomic mass is 19.1. The first kappa shape index (κ1) is 15.5. The van der Waals surface area contributed by atoms with Crippen LogP contribution in [0.2, 0.25) is 0 Å². The quantitative estimate of drug-likeness (QED) is 0.612. The standard InChI is InChI=1S/C19H17FN2/c1-22(2)19-11-9-15(10-12-19)5-3-7-17(14-21)16-6-4-8-18(20)13-16/h3-13H,1-2H3/b5-3+,17-7+. The highest BCUT2D eigenvalue weighted by Gasteiger charge is 2.00. The molecule has 0 aliphatic heterocycles. The van der Waals surface area contributed by atoms with Crippen molar-refractivity contribution in [2.75, 3.05) is 19.0 Å². The smallest absolute Gasteiger partial charge is 0.123 e. The molecule has 0 aliphatic carbocycles. The van der Waals surface area contributed by atoms with Crippen LogP contribution in [0.4, 0.5) is 10.1 Å². The van der Waals surface area contributed by atoms with Crippen molar-refractivity contribution in [1.82, 2.24) is 0 Å². The molecular formula is C19H17FN2. The van der Waals surface area contributed by atoms with Gasteiger partial charge in [-0.05, 0) is 41.5 Å². The number of nitrogens with zero attached hydrogens (tertiary/aromatic N) is 2. The van der Waals surface area contributed by atoms with E-state index in [1.807, 2.05) is 49.3 Å². The third-order valence-electron chi connectivity index (χ3n) is 3.22. The van der Waals surface area contributed by atoms with Gasteiger partial charge in [-0.3, -0.25) is 0 Å². The highest BCUT2D eigenvalue weighted by Crippen LogP contribution is 2.16. The number of nitriles is 1. The second-order valence-corrected chi connectivity index (χ2v) is 5.05. The monoisotopic (exact) mass is 292 g/mol. The third-order valence-corrected chi connectivity index (χ3v) is 3.22. The van der Waals surface area contributed by atoms with E-state index in [9.17, 15) is 9.65 Å². The summed E-state index contributed by atoms with van der Waals surface area (Å²) in [4.78, 5) is 2.03. The zero-order chi connectivity index (χ0) is 15.9. The van der Waals surface area contributed by atoms with E-state index in [4.69, 9.17) is 0 Å². The molecule has 0 amide bonds. The van der Waals surface area contributed by atoms with Crippen LogP contribution in [0.5, 0.6) is 0 Å². The van der Waals surface area contributed by atoms with Crippen molar-refractivity contribution in [2.24, 2.45) is 0 Å². The summed E-state index contributed by atoms with van der Waals surface area (Å²) in [5, 5.41) is 9.18. The Morgan fingerprint density at radius 1 is 1.14 bits per heavy atom. The minimum atomic E-state index is -0.345. The zero-order valence-corrected chi connectivity index (χ0v) is 12.6. The Kier molecular flexibility index (Phi) is 5.11. The van der Waals surface area contributed by atoms with E-state index in [1.165, 1.54) is 12.1 Å². The van der Waals surface area contributed by atoms with Gasteiger partial charge in [0.1, 0.15) is 5.82 Å². The summed E-state index contributed by atoms with van der Waals surface area (Å²) in [5.74, 6) is -0.345. The normalized spacial score (nSPS) is 11.5. The summed E-state index contributed by atoms with van der Waals surface area (Å²) in [7, 11) is 3.98. The first-order valence-corrected chi connectivity index (χ1v) is 6.92. The molecule has 0 saturated heterocycles. The third kappa shape index (κ3) is 4.07. The van der Waals surface area contributed by atoms with E-state index in [0.29, 0.717) is 11.1 Å². The van der Waals surface area contributed by atoms with Crippen molar-refractivity contribution in [2.45, 2.75) is 0 Å². The molecule has 0 fully saturated rings. The van der Waals surface area contributed by atoms with Crippen molar-refractivity contribution in [3.8, 4) is 6.07 Å². The average Bonchev–Trinajstić information content (AvgIpc) is 2.52. The summed E-state index contributed by atoms with van der Waals surface area (Å²) in [5.41, 5.74) is 3.18. The number of benzene rings is 2. The van der Waals surface area contributed by atoms with Crippen molar-refractivity contribution >= 4 is 17.3 Å². The van der Waals surface area contributed by atoms with Crippen LogP contribution in [-0.2, 0) is 0 Å². The lowest BCUT2D eigenvalue weighted by molar-refractivity contribution is 0.627. The van der Waals surface area contributed by atoms with Gasteiger partial charge in [0.15, 0.2) is 0 Å². The topological polar surface area (TPSA) is 27.0 Å². The maximum absolute atomic E-state index is 13.2. The molecule has 0 atom stereocenters. The molecule has 0 bridgehead atoms. The minimum absolute atomic E-state index is 0.345. The van der Waals surface area contributed by atoms with Gasteiger partial charge in [0.25, 0.3) is 0 Å².